The molecule has 1 heterocycles. The number of nitrogens with zero attached hydrogens (tertiary/aromatic N) is 2. The van der Waals surface area contributed by atoms with E-state index in [1.807, 2.05) is 48.5 Å². The standard InChI is InChI=1S/C28H32ClN3O4/c1-19-16-31(18-27(34)21-2-4-22(5-3-21)28(30)35)17-26(20-6-8-23(29)9-7-20)32(19)24-10-12-25(13-11-24)36-15-14-33/h2-13,19,26-27,33-34H,14-18H2,1H3,(H2,30,35)/t19-,26+,27-/m1/s1. The van der Waals surface area contributed by atoms with Gasteiger partial charge in [0.1, 0.15) is 12.4 Å². The Morgan fingerprint density at radius 3 is 2.33 bits per heavy atom. The van der Waals surface area contributed by atoms with Gasteiger partial charge in [-0.05, 0) is 66.6 Å². The first-order valence-electron chi connectivity index (χ1n) is 12.0. The number of hydrogen-bond donors (Lipinski definition) is 3. The van der Waals surface area contributed by atoms with E-state index in [2.05, 4.69) is 16.7 Å². The van der Waals surface area contributed by atoms with E-state index < -0.39 is 12.0 Å². The molecule has 8 heteroatoms. The van der Waals surface area contributed by atoms with Gasteiger partial charge in [0.05, 0.1) is 18.8 Å². The minimum absolute atomic E-state index is 0.0273. The molecule has 0 aliphatic carbocycles. The third kappa shape index (κ3) is 6.17. The van der Waals surface area contributed by atoms with Crippen LogP contribution in [0.5, 0.6) is 5.75 Å². The minimum atomic E-state index is -0.695. The molecule has 1 aliphatic rings. The average Bonchev–Trinajstić information content (AvgIpc) is 2.88. The third-order valence-electron chi connectivity index (χ3n) is 6.52. The van der Waals surface area contributed by atoms with Crippen molar-refractivity contribution < 1.29 is 19.7 Å². The van der Waals surface area contributed by atoms with Crippen LogP contribution in [-0.2, 0) is 0 Å². The number of primary amides is 1. The first-order chi connectivity index (χ1) is 17.4. The minimum Gasteiger partial charge on any atom is -0.491 e. The lowest BCUT2D eigenvalue weighted by molar-refractivity contribution is 0.0914. The molecule has 1 aliphatic heterocycles. The highest BCUT2D eigenvalue weighted by molar-refractivity contribution is 6.30. The number of halogens is 1. The molecule has 190 valence electrons. The summed E-state index contributed by atoms with van der Waals surface area (Å²) in [6, 6.07) is 22.8. The van der Waals surface area contributed by atoms with Gasteiger partial charge in [0, 0.05) is 41.9 Å². The Morgan fingerprint density at radius 2 is 1.72 bits per heavy atom. The SMILES string of the molecule is C[C@@H]1CN(C[C@@H](O)c2ccc(C(N)=O)cc2)C[C@@H](c2ccc(Cl)cc2)N1c1ccc(OCCO)cc1. The van der Waals surface area contributed by atoms with Gasteiger partial charge >= 0.3 is 0 Å². The maximum atomic E-state index is 11.4. The van der Waals surface area contributed by atoms with Gasteiger partial charge in [-0.15, -0.1) is 0 Å². The van der Waals surface area contributed by atoms with Crippen molar-refractivity contribution in [3.8, 4) is 5.75 Å². The molecule has 0 radical (unpaired) electrons. The van der Waals surface area contributed by atoms with E-state index in [0.717, 1.165) is 23.4 Å². The molecule has 1 amide bonds. The van der Waals surface area contributed by atoms with Gasteiger partial charge in [-0.1, -0.05) is 35.9 Å². The smallest absolute Gasteiger partial charge is 0.248 e. The van der Waals surface area contributed by atoms with Gasteiger partial charge in [-0.25, -0.2) is 0 Å². The number of rotatable bonds is 9. The predicted octanol–water partition coefficient (Wildman–Crippen LogP) is 3.80. The molecule has 4 N–H and O–H groups in total. The van der Waals surface area contributed by atoms with Crippen molar-refractivity contribution in [2.24, 2.45) is 5.73 Å². The lowest BCUT2D eigenvalue weighted by atomic mass is 9.97. The summed E-state index contributed by atoms with van der Waals surface area (Å²) >= 11 is 6.17. The van der Waals surface area contributed by atoms with Crippen LogP contribution in [0.1, 0.15) is 40.6 Å². The van der Waals surface area contributed by atoms with Gasteiger partial charge in [0.15, 0.2) is 0 Å². The fourth-order valence-corrected chi connectivity index (χ4v) is 4.93. The summed E-state index contributed by atoms with van der Waals surface area (Å²) in [5, 5.41) is 20.6. The molecule has 36 heavy (non-hydrogen) atoms. The Labute approximate surface area is 216 Å². The van der Waals surface area contributed by atoms with Crippen molar-refractivity contribution in [2.45, 2.75) is 25.1 Å². The van der Waals surface area contributed by atoms with Crippen LogP contribution in [0.3, 0.4) is 0 Å². The topological polar surface area (TPSA) is 99.3 Å². The second kappa shape index (κ2) is 11.8. The van der Waals surface area contributed by atoms with Crippen LogP contribution in [-0.4, -0.2) is 59.9 Å². The van der Waals surface area contributed by atoms with Crippen LogP contribution < -0.4 is 15.4 Å². The van der Waals surface area contributed by atoms with E-state index in [1.54, 1.807) is 24.3 Å². The number of ether oxygens (including phenoxy) is 1. The number of hydrogen-bond acceptors (Lipinski definition) is 6. The molecule has 0 unspecified atom stereocenters. The van der Waals surface area contributed by atoms with Crippen LogP contribution in [0.25, 0.3) is 0 Å². The zero-order valence-corrected chi connectivity index (χ0v) is 21.0. The fourth-order valence-electron chi connectivity index (χ4n) is 4.81. The fraction of sp³-hybridized carbons (Fsp3) is 0.321. The molecule has 0 bridgehead atoms. The maximum Gasteiger partial charge on any atom is 0.248 e. The van der Waals surface area contributed by atoms with Gasteiger partial charge in [-0.2, -0.15) is 0 Å². The van der Waals surface area contributed by atoms with Gasteiger partial charge in [0.25, 0.3) is 0 Å². The normalized spacial score (nSPS) is 19.2. The van der Waals surface area contributed by atoms with Crippen LogP contribution in [0, 0.1) is 0 Å². The maximum absolute atomic E-state index is 11.4. The number of carbonyl (C=O) groups is 1. The number of carbonyl (C=O) groups excluding carboxylic acids is 1. The Morgan fingerprint density at radius 1 is 1.06 bits per heavy atom. The lowest BCUT2D eigenvalue weighted by Crippen LogP contribution is -2.54. The molecular formula is C28H32ClN3O4. The van der Waals surface area contributed by atoms with Crippen molar-refractivity contribution in [3.05, 3.63) is 94.5 Å². The molecule has 3 aromatic carbocycles. The van der Waals surface area contributed by atoms with E-state index >= 15 is 0 Å². The second-order valence-corrected chi connectivity index (χ2v) is 9.55. The van der Waals surface area contributed by atoms with Crippen LogP contribution in [0.4, 0.5) is 5.69 Å². The van der Waals surface area contributed by atoms with Crippen LogP contribution >= 0.6 is 11.6 Å². The molecule has 1 fully saturated rings. The van der Waals surface area contributed by atoms with E-state index in [1.165, 1.54) is 0 Å². The molecule has 0 spiro atoms. The molecule has 3 aromatic rings. The molecule has 4 rings (SSSR count). The van der Waals surface area contributed by atoms with E-state index in [-0.39, 0.29) is 25.3 Å². The van der Waals surface area contributed by atoms with E-state index in [9.17, 15) is 9.90 Å². The summed E-state index contributed by atoms with van der Waals surface area (Å²) in [4.78, 5) is 16.0. The summed E-state index contributed by atoms with van der Waals surface area (Å²) in [6.45, 7) is 4.36. The van der Waals surface area contributed by atoms with Crippen molar-refractivity contribution in [1.82, 2.24) is 4.90 Å². The zero-order valence-electron chi connectivity index (χ0n) is 20.3. The largest absolute Gasteiger partial charge is 0.491 e. The zero-order chi connectivity index (χ0) is 25.7. The van der Waals surface area contributed by atoms with Crippen LogP contribution in [0.15, 0.2) is 72.8 Å². The van der Waals surface area contributed by atoms with Gasteiger partial charge in [-0.3, -0.25) is 9.69 Å². The summed E-state index contributed by atoms with van der Waals surface area (Å²) in [5.41, 5.74) is 8.71. The number of nitrogens with two attached hydrogens (primary N) is 1. The van der Waals surface area contributed by atoms with E-state index in [4.69, 9.17) is 27.2 Å². The monoisotopic (exact) mass is 509 g/mol. The van der Waals surface area contributed by atoms with Crippen LogP contribution in [0.2, 0.25) is 5.02 Å². The summed E-state index contributed by atoms with van der Waals surface area (Å²) < 4.78 is 5.53. The van der Waals surface area contributed by atoms with Crippen molar-refractivity contribution >= 4 is 23.2 Å². The van der Waals surface area contributed by atoms with Crippen molar-refractivity contribution in [1.29, 1.82) is 0 Å². The molecule has 7 nitrogen and oxygen atoms in total. The summed E-state index contributed by atoms with van der Waals surface area (Å²) in [7, 11) is 0. The highest BCUT2D eigenvalue weighted by Crippen LogP contribution is 2.35. The molecule has 3 atom stereocenters. The number of aliphatic hydroxyl groups excluding tert-OH is 2. The summed E-state index contributed by atoms with van der Waals surface area (Å²) in [6.07, 6.45) is -0.695. The number of benzene rings is 3. The quantitative estimate of drug-likeness (QED) is 0.406. The number of amides is 1. The second-order valence-electron chi connectivity index (χ2n) is 9.11. The summed E-state index contributed by atoms with van der Waals surface area (Å²) in [5.74, 6) is 0.229. The number of β-amino-alcohol motifs (C(OH)–C–C–N with tert-alkyl or cyclic N) is 1. The van der Waals surface area contributed by atoms with Gasteiger partial charge < -0.3 is 25.6 Å². The third-order valence-corrected chi connectivity index (χ3v) is 6.78. The van der Waals surface area contributed by atoms with Crippen molar-refractivity contribution in [2.75, 3.05) is 37.7 Å². The Kier molecular flexibility index (Phi) is 8.48. The lowest BCUT2D eigenvalue weighted by Gasteiger charge is -2.48. The first-order valence-corrected chi connectivity index (χ1v) is 12.4. The highest BCUT2D eigenvalue weighted by atomic mass is 35.5. The molecule has 1 saturated heterocycles. The Balaban J connectivity index is 1.55. The van der Waals surface area contributed by atoms with Gasteiger partial charge in [0.2, 0.25) is 5.91 Å². The van der Waals surface area contributed by atoms with E-state index in [0.29, 0.717) is 29.4 Å². The molecule has 0 aromatic heterocycles. The van der Waals surface area contributed by atoms with Crippen molar-refractivity contribution in [3.63, 3.8) is 0 Å². The number of anilines is 1. The average molecular weight is 510 g/mol. The molecular weight excluding hydrogens is 478 g/mol. The Hall–Kier alpha value is -3.10. The highest BCUT2D eigenvalue weighted by Gasteiger charge is 2.34. The predicted molar refractivity (Wildman–Crippen MR) is 142 cm³/mol. The number of piperazine rings is 1. The Bertz CT molecular complexity index is 1140. The number of aliphatic hydroxyl groups is 2. The molecule has 0 saturated carbocycles. The first kappa shape index (κ1) is 26.0.